The fraction of sp³-hybridized carbons (Fsp3) is 0.500. The highest BCUT2D eigenvalue weighted by atomic mass is 16.2. The van der Waals surface area contributed by atoms with Crippen molar-refractivity contribution < 1.29 is 4.79 Å². The zero-order valence-corrected chi connectivity index (χ0v) is 10.1. The number of aromatic nitrogens is 1. The summed E-state index contributed by atoms with van der Waals surface area (Å²) in [5.74, 6) is 0.570. The van der Waals surface area contributed by atoms with Crippen LogP contribution >= 0.6 is 0 Å². The molecule has 17 heavy (non-hydrogen) atoms. The Morgan fingerprint density at radius 2 is 2.06 bits per heavy atom. The van der Waals surface area contributed by atoms with Crippen molar-refractivity contribution in [3.05, 3.63) is 23.9 Å². The molecule has 0 saturated carbocycles. The van der Waals surface area contributed by atoms with E-state index in [0.29, 0.717) is 11.5 Å². The molecule has 2 N–H and O–H groups in total. The van der Waals surface area contributed by atoms with Crippen molar-refractivity contribution in [2.24, 2.45) is 0 Å². The van der Waals surface area contributed by atoms with Crippen LogP contribution in [-0.4, -0.2) is 36.0 Å². The number of rotatable bonds is 3. The zero-order valence-electron chi connectivity index (χ0n) is 10.1. The van der Waals surface area contributed by atoms with E-state index in [2.05, 4.69) is 15.7 Å². The van der Waals surface area contributed by atoms with Gasteiger partial charge in [-0.1, -0.05) is 12.5 Å². The van der Waals surface area contributed by atoms with Crippen LogP contribution in [0.1, 0.15) is 29.8 Å². The minimum absolute atomic E-state index is 0.135. The van der Waals surface area contributed by atoms with Crippen LogP contribution in [0.3, 0.4) is 0 Å². The number of hydrazine groups is 1. The molecule has 1 saturated heterocycles. The van der Waals surface area contributed by atoms with Gasteiger partial charge >= 0.3 is 0 Å². The molecule has 1 aliphatic rings. The number of carbonyl (C=O) groups is 1. The lowest BCUT2D eigenvalue weighted by Gasteiger charge is -2.26. The fourth-order valence-electron chi connectivity index (χ4n) is 1.91. The van der Waals surface area contributed by atoms with E-state index in [9.17, 15) is 4.79 Å². The van der Waals surface area contributed by atoms with E-state index in [0.717, 1.165) is 25.9 Å². The van der Waals surface area contributed by atoms with Crippen LogP contribution in [0.15, 0.2) is 18.2 Å². The van der Waals surface area contributed by atoms with Crippen molar-refractivity contribution >= 4 is 11.7 Å². The number of anilines is 1. The van der Waals surface area contributed by atoms with Crippen molar-refractivity contribution in [3.63, 3.8) is 0 Å². The minimum Gasteiger partial charge on any atom is -0.373 e. The summed E-state index contributed by atoms with van der Waals surface area (Å²) in [6.45, 7) is 1.86. The molecule has 2 rings (SSSR count). The summed E-state index contributed by atoms with van der Waals surface area (Å²) in [4.78, 5) is 16.1. The molecule has 0 aliphatic carbocycles. The van der Waals surface area contributed by atoms with Gasteiger partial charge in [-0.15, -0.1) is 0 Å². The van der Waals surface area contributed by atoms with E-state index in [1.54, 1.807) is 13.1 Å². The Morgan fingerprint density at radius 3 is 2.76 bits per heavy atom. The van der Waals surface area contributed by atoms with Gasteiger partial charge < -0.3 is 5.32 Å². The number of hydrogen-bond donors (Lipinski definition) is 2. The van der Waals surface area contributed by atoms with Gasteiger partial charge in [0, 0.05) is 20.1 Å². The molecule has 5 nitrogen and oxygen atoms in total. The number of pyridine rings is 1. The second-order valence-electron chi connectivity index (χ2n) is 4.15. The summed E-state index contributed by atoms with van der Waals surface area (Å²) in [6.07, 6.45) is 3.54. The first-order valence-electron chi connectivity index (χ1n) is 6.00. The van der Waals surface area contributed by atoms with Gasteiger partial charge in [-0.2, -0.15) is 0 Å². The molecular weight excluding hydrogens is 216 g/mol. The second-order valence-corrected chi connectivity index (χ2v) is 4.15. The van der Waals surface area contributed by atoms with Gasteiger partial charge in [-0.25, -0.2) is 9.99 Å². The Kier molecular flexibility index (Phi) is 3.93. The van der Waals surface area contributed by atoms with Crippen LogP contribution in [0.4, 0.5) is 5.82 Å². The maximum absolute atomic E-state index is 11.9. The third-order valence-corrected chi connectivity index (χ3v) is 2.85. The van der Waals surface area contributed by atoms with E-state index in [1.165, 1.54) is 6.42 Å². The molecule has 0 atom stereocenters. The molecule has 0 aromatic carbocycles. The van der Waals surface area contributed by atoms with Crippen LogP contribution in [0.2, 0.25) is 0 Å². The summed E-state index contributed by atoms with van der Waals surface area (Å²) < 4.78 is 0. The Hall–Kier alpha value is -1.62. The zero-order chi connectivity index (χ0) is 12.1. The maximum Gasteiger partial charge on any atom is 0.284 e. The molecule has 92 valence electrons. The molecule has 2 heterocycles. The smallest absolute Gasteiger partial charge is 0.284 e. The lowest BCUT2D eigenvalue weighted by atomic mass is 10.2. The summed E-state index contributed by atoms with van der Waals surface area (Å²) in [5, 5.41) is 4.89. The van der Waals surface area contributed by atoms with Crippen LogP contribution < -0.4 is 10.7 Å². The number of amides is 1. The Morgan fingerprint density at radius 1 is 1.29 bits per heavy atom. The average Bonchev–Trinajstić information content (AvgIpc) is 2.40. The van der Waals surface area contributed by atoms with Gasteiger partial charge in [0.05, 0.1) is 0 Å². The second kappa shape index (κ2) is 5.63. The van der Waals surface area contributed by atoms with Crippen LogP contribution in [-0.2, 0) is 0 Å². The first kappa shape index (κ1) is 11.9. The lowest BCUT2D eigenvalue weighted by molar-refractivity contribution is 0.0745. The Balaban J connectivity index is 1.98. The predicted molar refractivity (Wildman–Crippen MR) is 66.7 cm³/mol. The summed E-state index contributed by atoms with van der Waals surface area (Å²) in [5.41, 5.74) is 3.34. The highest BCUT2D eigenvalue weighted by Gasteiger charge is 2.14. The molecule has 0 bridgehead atoms. The molecular formula is C12H18N4O. The number of carbonyl (C=O) groups excluding carboxylic acids is 1. The van der Waals surface area contributed by atoms with Crippen molar-refractivity contribution in [1.82, 2.24) is 15.4 Å². The first-order valence-corrected chi connectivity index (χ1v) is 6.00. The summed E-state index contributed by atoms with van der Waals surface area (Å²) in [7, 11) is 1.79. The molecule has 1 aromatic heterocycles. The lowest BCUT2D eigenvalue weighted by Crippen LogP contribution is -2.45. The van der Waals surface area contributed by atoms with Gasteiger partial charge in [-0.3, -0.25) is 10.2 Å². The fourth-order valence-corrected chi connectivity index (χ4v) is 1.91. The molecule has 1 aromatic rings. The molecule has 1 amide bonds. The number of hydrogen-bond acceptors (Lipinski definition) is 4. The van der Waals surface area contributed by atoms with E-state index in [1.807, 2.05) is 17.1 Å². The molecule has 0 unspecified atom stereocenters. The van der Waals surface area contributed by atoms with Crippen LogP contribution in [0.25, 0.3) is 0 Å². The highest BCUT2D eigenvalue weighted by molar-refractivity contribution is 5.92. The SMILES string of the molecule is CNc1cccc(C(=O)NN2CCCCC2)n1. The number of nitrogens with one attached hydrogen (secondary N) is 2. The van der Waals surface area contributed by atoms with Gasteiger partial charge in [0.2, 0.25) is 0 Å². The first-order chi connectivity index (χ1) is 8.29. The third kappa shape index (κ3) is 3.17. The van der Waals surface area contributed by atoms with Crippen LogP contribution in [0, 0.1) is 0 Å². The summed E-state index contributed by atoms with van der Waals surface area (Å²) >= 11 is 0. The number of piperidine rings is 1. The average molecular weight is 234 g/mol. The van der Waals surface area contributed by atoms with Crippen molar-refractivity contribution in [2.45, 2.75) is 19.3 Å². The monoisotopic (exact) mass is 234 g/mol. The van der Waals surface area contributed by atoms with E-state index < -0.39 is 0 Å². The highest BCUT2D eigenvalue weighted by Crippen LogP contribution is 2.07. The minimum atomic E-state index is -0.135. The van der Waals surface area contributed by atoms with Gasteiger partial charge in [-0.05, 0) is 25.0 Å². The van der Waals surface area contributed by atoms with E-state index >= 15 is 0 Å². The van der Waals surface area contributed by atoms with Gasteiger partial charge in [0.1, 0.15) is 11.5 Å². The third-order valence-electron chi connectivity index (χ3n) is 2.85. The van der Waals surface area contributed by atoms with E-state index in [-0.39, 0.29) is 5.91 Å². The molecule has 0 spiro atoms. The van der Waals surface area contributed by atoms with Crippen molar-refractivity contribution in [3.8, 4) is 0 Å². The normalized spacial score (nSPS) is 16.5. The maximum atomic E-state index is 11.9. The van der Waals surface area contributed by atoms with Crippen molar-refractivity contribution in [2.75, 3.05) is 25.5 Å². The van der Waals surface area contributed by atoms with Crippen LogP contribution in [0.5, 0.6) is 0 Å². The standard InChI is InChI=1S/C12H18N4O/c1-13-11-7-5-6-10(14-11)12(17)15-16-8-3-2-4-9-16/h5-7H,2-4,8-9H2,1H3,(H,13,14)(H,15,17). The molecule has 0 radical (unpaired) electrons. The molecule has 5 heteroatoms. The van der Waals surface area contributed by atoms with Crippen molar-refractivity contribution in [1.29, 1.82) is 0 Å². The molecule has 1 fully saturated rings. The summed E-state index contributed by atoms with van der Waals surface area (Å²) in [6, 6.07) is 5.38. The quantitative estimate of drug-likeness (QED) is 0.826. The van der Waals surface area contributed by atoms with Gasteiger partial charge in [0.15, 0.2) is 0 Å². The van der Waals surface area contributed by atoms with Gasteiger partial charge in [0.25, 0.3) is 5.91 Å². The Labute approximate surface area is 101 Å². The van der Waals surface area contributed by atoms with E-state index in [4.69, 9.17) is 0 Å². The number of nitrogens with zero attached hydrogens (tertiary/aromatic N) is 2. The Bertz CT molecular complexity index is 388. The largest absolute Gasteiger partial charge is 0.373 e. The topological polar surface area (TPSA) is 57.3 Å². The molecule has 1 aliphatic heterocycles. The predicted octanol–water partition coefficient (Wildman–Crippen LogP) is 1.25.